The van der Waals surface area contributed by atoms with E-state index < -0.39 is 0 Å². The van der Waals surface area contributed by atoms with E-state index in [1.807, 2.05) is 24.3 Å². The highest BCUT2D eigenvalue weighted by Gasteiger charge is 2.17. The van der Waals surface area contributed by atoms with Gasteiger partial charge in [-0.2, -0.15) is 4.52 Å². The van der Waals surface area contributed by atoms with Gasteiger partial charge in [0.15, 0.2) is 16.6 Å². The standard InChI is InChI=1S/C19H9Cl3N4OS/c20-11-3-1-10(2-4-11)17-23-24-19-26(17)25-18(28-19)16-8-7-15(27-16)13-9-12(21)5-6-14(13)22/h1-9H. The Balaban J connectivity index is 1.55. The van der Waals surface area contributed by atoms with Crippen LogP contribution in [0.15, 0.2) is 59.0 Å². The van der Waals surface area contributed by atoms with Crippen LogP contribution in [0.25, 0.3) is 38.4 Å². The van der Waals surface area contributed by atoms with Gasteiger partial charge in [0.05, 0.1) is 5.02 Å². The Morgan fingerprint density at radius 1 is 0.821 bits per heavy atom. The Bertz CT molecular complexity index is 1310. The van der Waals surface area contributed by atoms with Gasteiger partial charge in [0.25, 0.3) is 0 Å². The largest absolute Gasteiger partial charge is 0.453 e. The van der Waals surface area contributed by atoms with Crippen LogP contribution in [-0.4, -0.2) is 19.8 Å². The molecule has 0 saturated carbocycles. The predicted octanol–water partition coefficient (Wildman–Crippen LogP) is 6.74. The van der Waals surface area contributed by atoms with Crippen molar-refractivity contribution < 1.29 is 4.42 Å². The molecule has 2 aromatic carbocycles. The summed E-state index contributed by atoms with van der Waals surface area (Å²) in [4.78, 5) is 0.665. The van der Waals surface area contributed by atoms with Gasteiger partial charge in [0.2, 0.25) is 4.96 Å². The van der Waals surface area contributed by atoms with E-state index in [1.54, 1.807) is 34.8 Å². The summed E-state index contributed by atoms with van der Waals surface area (Å²) in [5, 5.41) is 15.5. The minimum absolute atomic E-state index is 0.563. The number of hydrogen-bond acceptors (Lipinski definition) is 5. The number of rotatable bonds is 3. The van der Waals surface area contributed by atoms with Gasteiger partial charge in [-0.1, -0.05) is 46.1 Å². The maximum atomic E-state index is 6.27. The van der Waals surface area contributed by atoms with Gasteiger partial charge in [0, 0.05) is 21.2 Å². The minimum atomic E-state index is 0.563. The van der Waals surface area contributed by atoms with Crippen molar-refractivity contribution in [1.82, 2.24) is 19.8 Å². The smallest absolute Gasteiger partial charge is 0.235 e. The molecule has 5 aromatic rings. The van der Waals surface area contributed by atoms with Crippen LogP contribution in [0.5, 0.6) is 0 Å². The van der Waals surface area contributed by atoms with Crippen molar-refractivity contribution in [2.75, 3.05) is 0 Å². The third-order valence-electron chi connectivity index (χ3n) is 4.10. The molecule has 0 atom stereocenters. The van der Waals surface area contributed by atoms with Gasteiger partial charge in [-0.3, -0.25) is 0 Å². The first kappa shape index (κ1) is 17.7. The van der Waals surface area contributed by atoms with Gasteiger partial charge in [0.1, 0.15) is 5.76 Å². The monoisotopic (exact) mass is 446 g/mol. The molecule has 0 N–H and O–H groups in total. The SMILES string of the molecule is Clc1ccc(-c2nnc3sc(-c4ccc(-c5cc(Cl)ccc5Cl)o4)nn23)cc1. The third-order valence-corrected chi connectivity index (χ3v) is 5.83. The van der Waals surface area contributed by atoms with Gasteiger partial charge in [-0.15, -0.1) is 15.3 Å². The molecule has 0 saturated heterocycles. The molecule has 138 valence electrons. The van der Waals surface area contributed by atoms with E-state index in [0.717, 1.165) is 11.1 Å². The summed E-state index contributed by atoms with van der Waals surface area (Å²) in [6.07, 6.45) is 0. The van der Waals surface area contributed by atoms with Crippen molar-refractivity contribution in [3.8, 4) is 33.5 Å². The number of fused-ring (bicyclic) bond motifs is 1. The van der Waals surface area contributed by atoms with Crippen LogP contribution in [0, 0.1) is 0 Å². The predicted molar refractivity (Wildman–Crippen MR) is 112 cm³/mol. The summed E-state index contributed by atoms with van der Waals surface area (Å²) >= 11 is 19.7. The van der Waals surface area contributed by atoms with Crippen molar-refractivity contribution in [1.29, 1.82) is 0 Å². The Hall–Kier alpha value is -2.38. The molecule has 9 heteroatoms. The summed E-state index contributed by atoms with van der Waals surface area (Å²) in [6, 6.07) is 16.3. The lowest BCUT2D eigenvalue weighted by atomic mass is 10.2. The zero-order valence-corrected chi connectivity index (χ0v) is 17.0. The molecule has 0 unspecified atom stereocenters. The number of furan rings is 1. The minimum Gasteiger partial charge on any atom is -0.453 e. The van der Waals surface area contributed by atoms with Crippen molar-refractivity contribution >= 4 is 51.1 Å². The lowest BCUT2D eigenvalue weighted by molar-refractivity contribution is 0.595. The molecule has 0 aliphatic rings. The Kier molecular flexibility index (Phi) is 4.36. The molecule has 0 fully saturated rings. The highest BCUT2D eigenvalue weighted by Crippen LogP contribution is 2.36. The first-order valence-electron chi connectivity index (χ1n) is 8.12. The molecule has 5 nitrogen and oxygen atoms in total. The lowest BCUT2D eigenvalue weighted by Gasteiger charge is -2.01. The molecule has 3 heterocycles. The molecule has 0 aliphatic carbocycles. The average Bonchev–Trinajstić information content (AvgIpc) is 3.39. The maximum Gasteiger partial charge on any atom is 0.235 e. The van der Waals surface area contributed by atoms with Gasteiger partial charge in [-0.25, -0.2) is 0 Å². The van der Waals surface area contributed by atoms with Gasteiger partial charge < -0.3 is 4.42 Å². The van der Waals surface area contributed by atoms with Crippen molar-refractivity contribution in [2.24, 2.45) is 0 Å². The molecular weight excluding hydrogens is 439 g/mol. The summed E-state index contributed by atoms with van der Waals surface area (Å²) in [6.45, 7) is 0. The lowest BCUT2D eigenvalue weighted by Crippen LogP contribution is -1.90. The topological polar surface area (TPSA) is 56.2 Å². The Morgan fingerprint density at radius 2 is 1.57 bits per heavy atom. The first-order chi connectivity index (χ1) is 13.6. The first-order valence-corrected chi connectivity index (χ1v) is 10.1. The number of aromatic nitrogens is 4. The molecule has 0 spiro atoms. The van der Waals surface area contributed by atoms with E-state index in [9.17, 15) is 0 Å². The quantitative estimate of drug-likeness (QED) is 0.307. The molecular formula is C19H9Cl3N4OS. The van der Waals surface area contributed by atoms with E-state index in [4.69, 9.17) is 39.2 Å². The van der Waals surface area contributed by atoms with E-state index in [2.05, 4.69) is 15.3 Å². The third kappa shape index (κ3) is 3.08. The number of benzene rings is 2. The normalized spacial score (nSPS) is 11.4. The fraction of sp³-hybridized carbons (Fsp3) is 0. The van der Waals surface area contributed by atoms with Crippen LogP contribution in [0.1, 0.15) is 0 Å². The average molecular weight is 448 g/mol. The van der Waals surface area contributed by atoms with Crippen LogP contribution in [0.2, 0.25) is 15.1 Å². The van der Waals surface area contributed by atoms with Crippen molar-refractivity contribution in [3.05, 3.63) is 69.7 Å². The molecule has 0 aliphatic heterocycles. The van der Waals surface area contributed by atoms with Gasteiger partial charge >= 0.3 is 0 Å². The molecule has 0 amide bonds. The van der Waals surface area contributed by atoms with Crippen LogP contribution >= 0.6 is 46.1 Å². The molecule has 5 rings (SSSR count). The van der Waals surface area contributed by atoms with E-state index in [1.165, 1.54) is 11.3 Å². The number of halogens is 3. The van der Waals surface area contributed by atoms with E-state index in [-0.39, 0.29) is 0 Å². The van der Waals surface area contributed by atoms with E-state index in [0.29, 0.717) is 42.4 Å². The van der Waals surface area contributed by atoms with Crippen molar-refractivity contribution in [2.45, 2.75) is 0 Å². The Morgan fingerprint density at radius 3 is 2.39 bits per heavy atom. The summed E-state index contributed by atoms with van der Waals surface area (Å²) in [5.74, 6) is 1.87. The fourth-order valence-electron chi connectivity index (χ4n) is 2.78. The second-order valence-electron chi connectivity index (χ2n) is 5.92. The van der Waals surface area contributed by atoms with Crippen LogP contribution in [0.3, 0.4) is 0 Å². The summed E-state index contributed by atoms with van der Waals surface area (Å²) < 4.78 is 7.67. The zero-order chi connectivity index (χ0) is 19.3. The van der Waals surface area contributed by atoms with Crippen LogP contribution < -0.4 is 0 Å². The summed E-state index contributed by atoms with van der Waals surface area (Å²) in [7, 11) is 0. The number of nitrogens with zero attached hydrogens (tertiary/aromatic N) is 4. The maximum absolute atomic E-state index is 6.27. The molecule has 0 radical (unpaired) electrons. The fourth-order valence-corrected chi connectivity index (χ4v) is 4.09. The van der Waals surface area contributed by atoms with Crippen LogP contribution in [0.4, 0.5) is 0 Å². The van der Waals surface area contributed by atoms with Crippen LogP contribution in [-0.2, 0) is 0 Å². The number of hydrogen-bond donors (Lipinski definition) is 0. The molecule has 28 heavy (non-hydrogen) atoms. The molecule has 3 aromatic heterocycles. The van der Waals surface area contributed by atoms with E-state index >= 15 is 0 Å². The van der Waals surface area contributed by atoms with Crippen molar-refractivity contribution in [3.63, 3.8) is 0 Å². The molecule has 0 bridgehead atoms. The highest BCUT2D eigenvalue weighted by atomic mass is 35.5. The zero-order valence-electron chi connectivity index (χ0n) is 13.9. The van der Waals surface area contributed by atoms with Gasteiger partial charge in [-0.05, 0) is 54.6 Å². The Labute approximate surface area is 178 Å². The second kappa shape index (κ2) is 6.90. The highest BCUT2D eigenvalue weighted by molar-refractivity contribution is 7.19. The second-order valence-corrected chi connectivity index (χ2v) is 8.16. The summed E-state index contributed by atoms with van der Waals surface area (Å²) in [5.41, 5.74) is 1.60.